The molecule has 1 aromatic carbocycles. The predicted octanol–water partition coefficient (Wildman–Crippen LogP) is 2.97. The van der Waals surface area contributed by atoms with E-state index >= 15 is 0 Å². The summed E-state index contributed by atoms with van der Waals surface area (Å²) >= 11 is 5.80. The van der Waals surface area contributed by atoms with Gasteiger partial charge in [0.1, 0.15) is 12.3 Å². The molecular formula is C15H14ClNO4. The van der Waals surface area contributed by atoms with Crippen molar-refractivity contribution < 1.29 is 19.1 Å². The lowest BCUT2D eigenvalue weighted by molar-refractivity contribution is -0.137. The van der Waals surface area contributed by atoms with Crippen LogP contribution < -0.4 is 0 Å². The fraction of sp³-hybridized carbons (Fsp3) is 0.200. The first kappa shape index (κ1) is 15.1. The molecule has 1 amide bonds. The minimum Gasteiger partial charge on any atom is -0.480 e. The maximum atomic E-state index is 12.3. The van der Waals surface area contributed by atoms with Crippen molar-refractivity contribution in [1.29, 1.82) is 0 Å². The molecule has 110 valence electrons. The van der Waals surface area contributed by atoms with Crippen LogP contribution in [0.15, 0.2) is 40.8 Å². The Hall–Kier alpha value is -2.27. The van der Waals surface area contributed by atoms with Crippen molar-refractivity contribution in [2.24, 2.45) is 0 Å². The van der Waals surface area contributed by atoms with Crippen molar-refractivity contribution in [2.75, 3.05) is 6.54 Å². The molecule has 1 heterocycles. The summed E-state index contributed by atoms with van der Waals surface area (Å²) < 4.78 is 5.26. The van der Waals surface area contributed by atoms with Gasteiger partial charge in [0.15, 0.2) is 5.76 Å². The molecule has 6 heteroatoms. The number of carboxylic acids is 1. The first-order valence-electron chi connectivity index (χ1n) is 6.27. The third kappa shape index (κ3) is 4.10. The number of carboxylic acid groups (broad SMARTS) is 1. The van der Waals surface area contributed by atoms with Gasteiger partial charge in [-0.05, 0) is 36.8 Å². The van der Waals surface area contributed by atoms with Crippen LogP contribution in [0.3, 0.4) is 0 Å². The van der Waals surface area contributed by atoms with E-state index in [1.165, 1.54) is 11.0 Å². The summed E-state index contributed by atoms with van der Waals surface area (Å²) in [5.41, 5.74) is 0.789. The van der Waals surface area contributed by atoms with Crippen molar-refractivity contribution in [1.82, 2.24) is 4.90 Å². The second-order valence-corrected chi connectivity index (χ2v) is 5.03. The van der Waals surface area contributed by atoms with Crippen LogP contribution in [0.4, 0.5) is 0 Å². The lowest BCUT2D eigenvalue weighted by atomic mass is 10.2. The van der Waals surface area contributed by atoms with Gasteiger partial charge in [-0.25, -0.2) is 0 Å². The summed E-state index contributed by atoms with van der Waals surface area (Å²) in [5, 5.41) is 9.54. The Morgan fingerprint density at radius 2 is 1.86 bits per heavy atom. The van der Waals surface area contributed by atoms with Crippen LogP contribution in [0.25, 0.3) is 0 Å². The number of hydrogen-bond donors (Lipinski definition) is 1. The van der Waals surface area contributed by atoms with E-state index in [9.17, 15) is 9.59 Å². The van der Waals surface area contributed by atoms with Crippen LogP contribution >= 0.6 is 11.6 Å². The van der Waals surface area contributed by atoms with Crippen molar-refractivity contribution in [3.05, 3.63) is 58.5 Å². The van der Waals surface area contributed by atoms with Crippen molar-refractivity contribution >= 4 is 23.5 Å². The fourth-order valence-corrected chi connectivity index (χ4v) is 2.00. The van der Waals surface area contributed by atoms with Gasteiger partial charge in [0.25, 0.3) is 5.91 Å². The molecule has 2 aromatic rings. The second-order valence-electron chi connectivity index (χ2n) is 4.59. The third-order valence-corrected chi connectivity index (χ3v) is 3.10. The van der Waals surface area contributed by atoms with Crippen molar-refractivity contribution in [3.63, 3.8) is 0 Å². The van der Waals surface area contributed by atoms with Crippen LogP contribution in [0.2, 0.25) is 5.02 Å². The highest BCUT2D eigenvalue weighted by molar-refractivity contribution is 6.30. The molecule has 0 bridgehead atoms. The van der Waals surface area contributed by atoms with E-state index < -0.39 is 18.4 Å². The number of carbonyl (C=O) groups excluding carboxylic acids is 1. The molecule has 2 rings (SSSR count). The zero-order valence-corrected chi connectivity index (χ0v) is 12.1. The van der Waals surface area contributed by atoms with E-state index in [1.807, 2.05) is 0 Å². The Kier molecular flexibility index (Phi) is 4.65. The normalized spacial score (nSPS) is 10.4. The average molecular weight is 308 g/mol. The van der Waals surface area contributed by atoms with Crippen LogP contribution in [0.5, 0.6) is 0 Å². The van der Waals surface area contributed by atoms with E-state index in [-0.39, 0.29) is 12.3 Å². The van der Waals surface area contributed by atoms with Crippen LogP contribution in [-0.2, 0) is 11.3 Å². The second kappa shape index (κ2) is 6.45. The van der Waals surface area contributed by atoms with E-state index in [4.69, 9.17) is 21.1 Å². The topological polar surface area (TPSA) is 70.8 Å². The molecule has 0 spiro atoms. The monoisotopic (exact) mass is 307 g/mol. The predicted molar refractivity (Wildman–Crippen MR) is 77.3 cm³/mol. The molecule has 0 saturated carbocycles. The molecule has 0 atom stereocenters. The SMILES string of the molecule is Cc1ccc(C(=O)N(CC(=O)O)Cc2ccc(Cl)cc2)o1. The molecule has 21 heavy (non-hydrogen) atoms. The Labute approximate surface area is 126 Å². The molecular weight excluding hydrogens is 294 g/mol. The number of benzene rings is 1. The van der Waals surface area contributed by atoms with Crippen LogP contribution in [0.1, 0.15) is 21.9 Å². The minimum absolute atomic E-state index is 0.128. The number of furan rings is 1. The average Bonchev–Trinajstić information content (AvgIpc) is 2.86. The van der Waals surface area contributed by atoms with Gasteiger partial charge in [-0.3, -0.25) is 9.59 Å². The maximum Gasteiger partial charge on any atom is 0.323 e. The molecule has 5 nitrogen and oxygen atoms in total. The molecule has 0 radical (unpaired) electrons. The number of aliphatic carboxylic acids is 1. The molecule has 0 aliphatic heterocycles. The lowest BCUT2D eigenvalue weighted by Crippen LogP contribution is -2.35. The molecule has 0 fully saturated rings. The molecule has 0 unspecified atom stereocenters. The smallest absolute Gasteiger partial charge is 0.323 e. The standard InChI is InChI=1S/C15H14ClNO4/c1-10-2-7-13(21-10)15(20)17(9-14(18)19)8-11-3-5-12(16)6-4-11/h2-7H,8-9H2,1H3,(H,18,19). The number of amides is 1. The summed E-state index contributed by atoms with van der Waals surface area (Å²) in [4.78, 5) is 24.5. The Bertz CT molecular complexity index is 648. The van der Waals surface area contributed by atoms with Gasteiger partial charge in [-0.1, -0.05) is 23.7 Å². The van der Waals surface area contributed by atoms with Gasteiger partial charge in [-0.15, -0.1) is 0 Å². The Balaban J connectivity index is 2.19. The zero-order chi connectivity index (χ0) is 15.4. The fourth-order valence-electron chi connectivity index (χ4n) is 1.88. The Morgan fingerprint density at radius 3 is 2.38 bits per heavy atom. The highest BCUT2D eigenvalue weighted by Crippen LogP contribution is 2.15. The van der Waals surface area contributed by atoms with E-state index in [0.717, 1.165) is 5.56 Å². The quantitative estimate of drug-likeness (QED) is 0.922. The van der Waals surface area contributed by atoms with Crippen LogP contribution in [0, 0.1) is 6.92 Å². The van der Waals surface area contributed by atoms with Gasteiger partial charge in [0.2, 0.25) is 0 Å². The third-order valence-electron chi connectivity index (χ3n) is 2.85. The summed E-state index contributed by atoms with van der Waals surface area (Å²) in [6.07, 6.45) is 0. The van der Waals surface area contributed by atoms with Crippen molar-refractivity contribution in [2.45, 2.75) is 13.5 Å². The van der Waals surface area contributed by atoms with E-state index in [1.54, 1.807) is 37.3 Å². The number of carbonyl (C=O) groups is 2. The highest BCUT2D eigenvalue weighted by atomic mass is 35.5. The number of hydrogen-bond acceptors (Lipinski definition) is 3. The van der Waals surface area contributed by atoms with Gasteiger partial charge >= 0.3 is 5.97 Å². The summed E-state index contributed by atoms with van der Waals surface area (Å²) in [5.74, 6) is -0.816. The van der Waals surface area contributed by atoms with Gasteiger partial charge in [0, 0.05) is 11.6 Å². The molecule has 0 aliphatic carbocycles. The van der Waals surface area contributed by atoms with Crippen LogP contribution in [-0.4, -0.2) is 28.4 Å². The van der Waals surface area contributed by atoms with E-state index in [2.05, 4.69) is 0 Å². The summed E-state index contributed by atoms with van der Waals surface area (Å²) in [6.45, 7) is 1.49. The van der Waals surface area contributed by atoms with Gasteiger partial charge < -0.3 is 14.4 Å². The first-order valence-corrected chi connectivity index (χ1v) is 6.65. The molecule has 0 aliphatic rings. The minimum atomic E-state index is -1.08. The molecule has 1 aromatic heterocycles. The number of nitrogens with zero attached hydrogens (tertiary/aromatic N) is 1. The van der Waals surface area contributed by atoms with Gasteiger partial charge in [-0.2, -0.15) is 0 Å². The summed E-state index contributed by atoms with van der Waals surface area (Å²) in [6, 6.07) is 10.1. The van der Waals surface area contributed by atoms with E-state index in [0.29, 0.717) is 10.8 Å². The Morgan fingerprint density at radius 1 is 1.19 bits per heavy atom. The maximum absolute atomic E-state index is 12.3. The first-order chi connectivity index (χ1) is 9.95. The van der Waals surface area contributed by atoms with Crippen molar-refractivity contribution in [3.8, 4) is 0 Å². The zero-order valence-electron chi connectivity index (χ0n) is 11.4. The summed E-state index contributed by atoms with van der Waals surface area (Å²) in [7, 11) is 0. The number of halogens is 1. The number of aryl methyl sites for hydroxylation is 1. The highest BCUT2D eigenvalue weighted by Gasteiger charge is 2.21. The molecule has 1 N–H and O–H groups in total. The molecule has 0 saturated heterocycles. The lowest BCUT2D eigenvalue weighted by Gasteiger charge is -2.19. The largest absolute Gasteiger partial charge is 0.480 e. The number of rotatable bonds is 5. The van der Waals surface area contributed by atoms with Gasteiger partial charge in [0.05, 0.1) is 0 Å².